The zero-order chi connectivity index (χ0) is 9.72. The van der Waals surface area contributed by atoms with Gasteiger partial charge in [0.25, 0.3) is 0 Å². The van der Waals surface area contributed by atoms with Gasteiger partial charge in [0, 0.05) is 6.92 Å². The number of hydrogen-bond acceptors (Lipinski definition) is 4. The number of imide groups is 1. The van der Waals surface area contributed by atoms with Crippen molar-refractivity contribution in [2.24, 2.45) is 0 Å². The number of ether oxygens (including phenoxy) is 1. The van der Waals surface area contributed by atoms with Crippen LogP contribution in [-0.2, 0) is 14.3 Å². The molecule has 0 aromatic heterocycles. The molecule has 0 aromatic carbocycles. The first kappa shape index (κ1) is 10.4. The topological polar surface area (TPSA) is 83.9 Å². The van der Waals surface area contributed by atoms with Gasteiger partial charge in [0.05, 0.1) is 7.11 Å². The molecule has 0 spiro atoms. The van der Waals surface area contributed by atoms with Crippen LogP contribution in [0.4, 0.5) is 4.79 Å². The van der Waals surface area contributed by atoms with E-state index in [4.69, 9.17) is 5.11 Å². The quantitative estimate of drug-likeness (QED) is 0.622. The lowest BCUT2D eigenvalue weighted by atomic mass is 10.5. The van der Waals surface area contributed by atoms with Crippen molar-refractivity contribution >= 4 is 18.0 Å². The average Bonchev–Trinajstić information content (AvgIpc) is 1.98. The van der Waals surface area contributed by atoms with Crippen molar-refractivity contribution in [2.45, 2.75) is 6.92 Å². The fourth-order valence-electron chi connectivity index (χ4n) is 0.550. The summed E-state index contributed by atoms with van der Waals surface area (Å²) in [4.78, 5) is 32.0. The molecule has 0 bridgehead atoms. The van der Waals surface area contributed by atoms with E-state index in [1.54, 1.807) is 0 Å². The zero-order valence-corrected chi connectivity index (χ0v) is 6.73. The monoisotopic (exact) mass is 175 g/mol. The lowest BCUT2D eigenvalue weighted by Gasteiger charge is -2.13. The number of carboxylic acid groups (broad SMARTS) is 1. The molecular weight excluding hydrogens is 166 g/mol. The number of carbonyl (C=O) groups excluding carboxylic acids is 2. The normalized spacial score (nSPS) is 8.83. The second-order valence-electron chi connectivity index (χ2n) is 1.97. The predicted molar refractivity (Wildman–Crippen MR) is 37.4 cm³/mol. The van der Waals surface area contributed by atoms with Gasteiger partial charge in [-0.15, -0.1) is 0 Å². The summed E-state index contributed by atoms with van der Waals surface area (Å²) in [5, 5.41) is 8.28. The predicted octanol–water partition coefficient (Wildman–Crippen LogP) is -0.314. The van der Waals surface area contributed by atoms with Gasteiger partial charge < -0.3 is 9.84 Å². The van der Waals surface area contributed by atoms with Gasteiger partial charge in [0.15, 0.2) is 0 Å². The summed E-state index contributed by atoms with van der Waals surface area (Å²) in [5.74, 6) is -1.93. The van der Waals surface area contributed by atoms with Gasteiger partial charge in [0.2, 0.25) is 5.91 Å². The van der Waals surface area contributed by atoms with Crippen LogP contribution < -0.4 is 0 Å². The maximum atomic E-state index is 10.7. The maximum Gasteiger partial charge on any atom is 0.416 e. The highest BCUT2D eigenvalue weighted by Crippen LogP contribution is 1.93. The van der Waals surface area contributed by atoms with Crippen LogP contribution in [0.2, 0.25) is 0 Å². The Morgan fingerprint density at radius 3 is 2.17 bits per heavy atom. The smallest absolute Gasteiger partial charge is 0.416 e. The average molecular weight is 175 g/mol. The van der Waals surface area contributed by atoms with Crippen LogP contribution in [0.15, 0.2) is 0 Å². The second kappa shape index (κ2) is 4.32. The largest absolute Gasteiger partial charge is 0.480 e. The van der Waals surface area contributed by atoms with Gasteiger partial charge in [0.1, 0.15) is 6.54 Å². The summed E-state index contributed by atoms with van der Waals surface area (Å²) >= 11 is 0. The fraction of sp³-hybridized carbons (Fsp3) is 0.500. The summed E-state index contributed by atoms with van der Waals surface area (Å²) in [6.07, 6.45) is -0.968. The Balaban J connectivity index is 4.33. The molecule has 2 amide bonds. The van der Waals surface area contributed by atoms with Gasteiger partial charge >= 0.3 is 12.1 Å². The standard InChI is InChI=1S/C6H9NO5/c1-4(8)7(3-5(9)10)6(11)12-2/h3H2,1-2H3,(H,9,10). The molecule has 0 fully saturated rings. The molecule has 0 aromatic rings. The highest BCUT2D eigenvalue weighted by atomic mass is 16.5. The number of carboxylic acids is 1. The molecule has 6 heteroatoms. The Kier molecular flexibility index (Phi) is 3.75. The SMILES string of the molecule is COC(=O)N(CC(=O)O)C(C)=O. The van der Waals surface area contributed by atoms with Gasteiger partial charge in [-0.1, -0.05) is 0 Å². The van der Waals surface area contributed by atoms with Gasteiger partial charge in [-0.05, 0) is 0 Å². The van der Waals surface area contributed by atoms with Gasteiger partial charge in [-0.2, -0.15) is 0 Å². The Labute approximate surface area is 68.7 Å². The highest BCUT2D eigenvalue weighted by molar-refractivity contribution is 5.93. The molecule has 1 N–H and O–H groups in total. The van der Waals surface area contributed by atoms with Crippen LogP contribution >= 0.6 is 0 Å². The Bertz CT molecular complexity index is 212. The molecule has 12 heavy (non-hydrogen) atoms. The Hall–Kier alpha value is -1.59. The molecular formula is C6H9NO5. The zero-order valence-electron chi connectivity index (χ0n) is 6.73. The maximum absolute atomic E-state index is 10.7. The third kappa shape index (κ3) is 3.00. The van der Waals surface area contributed by atoms with Crippen LogP contribution in [0, 0.1) is 0 Å². The summed E-state index contributed by atoms with van der Waals surface area (Å²) in [5.41, 5.74) is 0. The molecule has 0 aliphatic rings. The number of rotatable bonds is 2. The van der Waals surface area contributed by atoms with E-state index < -0.39 is 24.5 Å². The van der Waals surface area contributed by atoms with E-state index in [1.165, 1.54) is 0 Å². The number of hydrogen-bond donors (Lipinski definition) is 1. The minimum Gasteiger partial charge on any atom is -0.480 e. The second-order valence-corrected chi connectivity index (χ2v) is 1.97. The Morgan fingerprint density at radius 1 is 1.42 bits per heavy atom. The van der Waals surface area contributed by atoms with Gasteiger partial charge in [-0.25, -0.2) is 9.69 Å². The van der Waals surface area contributed by atoms with Crippen molar-refractivity contribution in [2.75, 3.05) is 13.7 Å². The van der Waals surface area contributed by atoms with E-state index in [2.05, 4.69) is 4.74 Å². The van der Waals surface area contributed by atoms with E-state index in [0.717, 1.165) is 14.0 Å². The first-order chi connectivity index (χ1) is 5.49. The molecule has 0 radical (unpaired) electrons. The van der Waals surface area contributed by atoms with Crippen molar-refractivity contribution in [3.63, 3.8) is 0 Å². The molecule has 0 unspecified atom stereocenters. The molecule has 0 atom stereocenters. The van der Waals surface area contributed by atoms with Crippen molar-refractivity contribution in [3.8, 4) is 0 Å². The van der Waals surface area contributed by atoms with Crippen molar-refractivity contribution < 1.29 is 24.2 Å². The summed E-state index contributed by atoms with van der Waals surface area (Å²) in [6.45, 7) is 0.405. The van der Waals surface area contributed by atoms with Crippen LogP contribution in [0.3, 0.4) is 0 Å². The lowest BCUT2D eigenvalue weighted by molar-refractivity contribution is -0.142. The minimum absolute atomic E-state index is 0.488. The first-order valence-corrected chi connectivity index (χ1v) is 3.07. The van der Waals surface area contributed by atoms with E-state index in [9.17, 15) is 14.4 Å². The van der Waals surface area contributed by atoms with Crippen molar-refractivity contribution in [1.29, 1.82) is 0 Å². The Morgan fingerprint density at radius 2 is 1.92 bits per heavy atom. The van der Waals surface area contributed by atoms with Crippen molar-refractivity contribution in [3.05, 3.63) is 0 Å². The summed E-state index contributed by atoms with van der Waals surface area (Å²) < 4.78 is 4.18. The summed E-state index contributed by atoms with van der Waals surface area (Å²) in [7, 11) is 1.07. The fourth-order valence-corrected chi connectivity index (χ4v) is 0.550. The molecule has 0 heterocycles. The van der Waals surface area contributed by atoms with Crippen LogP contribution in [0.1, 0.15) is 6.92 Å². The molecule has 0 aliphatic heterocycles. The third-order valence-electron chi connectivity index (χ3n) is 1.07. The molecule has 68 valence electrons. The van der Waals surface area contributed by atoms with Crippen LogP contribution in [0.25, 0.3) is 0 Å². The summed E-state index contributed by atoms with van der Waals surface area (Å²) in [6, 6.07) is 0. The number of carbonyl (C=O) groups is 3. The molecule has 6 nitrogen and oxygen atoms in total. The lowest BCUT2D eigenvalue weighted by Crippen LogP contribution is -2.38. The number of methoxy groups -OCH3 is 1. The molecule has 0 rings (SSSR count). The number of amides is 2. The van der Waals surface area contributed by atoms with E-state index >= 15 is 0 Å². The van der Waals surface area contributed by atoms with Crippen LogP contribution in [-0.4, -0.2) is 41.6 Å². The molecule has 0 aliphatic carbocycles. The van der Waals surface area contributed by atoms with Crippen molar-refractivity contribution in [1.82, 2.24) is 4.90 Å². The van der Waals surface area contributed by atoms with E-state index in [0.29, 0.717) is 4.90 Å². The third-order valence-corrected chi connectivity index (χ3v) is 1.07. The number of nitrogens with zero attached hydrogens (tertiary/aromatic N) is 1. The minimum atomic E-state index is -1.27. The van der Waals surface area contributed by atoms with Crippen LogP contribution in [0.5, 0.6) is 0 Å². The first-order valence-electron chi connectivity index (χ1n) is 3.07. The number of aliphatic carboxylic acids is 1. The van der Waals surface area contributed by atoms with E-state index in [1.807, 2.05) is 0 Å². The molecule has 0 saturated heterocycles. The van der Waals surface area contributed by atoms with Gasteiger partial charge in [-0.3, -0.25) is 9.59 Å². The molecule has 0 saturated carbocycles. The van der Waals surface area contributed by atoms with E-state index in [-0.39, 0.29) is 0 Å². The highest BCUT2D eigenvalue weighted by Gasteiger charge is 2.20.